The van der Waals surface area contributed by atoms with Crippen molar-refractivity contribution in [3.63, 3.8) is 0 Å². The van der Waals surface area contributed by atoms with Crippen LogP contribution < -0.4 is 0 Å². The first kappa shape index (κ1) is 14.8. The van der Waals surface area contributed by atoms with Crippen molar-refractivity contribution in [2.24, 2.45) is 11.8 Å². The molecule has 4 heteroatoms. The largest absolute Gasteiger partial charge is 0.466 e. The molecule has 0 radical (unpaired) electrons. The van der Waals surface area contributed by atoms with Crippen molar-refractivity contribution in [2.75, 3.05) is 7.11 Å². The normalized spacial score (nSPS) is 20.0. The Bertz CT molecular complexity index is 451. The molecule has 0 spiro atoms. The Morgan fingerprint density at radius 3 is 2.25 bits per heavy atom. The highest BCUT2D eigenvalue weighted by molar-refractivity contribution is 5.96. The van der Waals surface area contributed by atoms with Crippen LogP contribution in [0.3, 0.4) is 0 Å². The molecular formula is C16H22O4. The lowest BCUT2D eigenvalue weighted by Gasteiger charge is -2.13. The lowest BCUT2D eigenvalue weighted by Crippen LogP contribution is -2.16. The van der Waals surface area contributed by atoms with Gasteiger partial charge >= 0.3 is 11.9 Å². The molecule has 0 aromatic carbocycles. The topological polar surface area (TPSA) is 52.6 Å². The van der Waals surface area contributed by atoms with Crippen LogP contribution in [0.1, 0.15) is 39.5 Å². The van der Waals surface area contributed by atoms with Gasteiger partial charge in [0.2, 0.25) is 0 Å². The summed E-state index contributed by atoms with van der Waals surface area (Å²) in [5, 5.41) is 0. The van der Waals surface area contributed by atoms with Gasteiger partial charge in [0, 0.05) is 6.08 Å². The van der Waals surface area contributed by atoms with Gasteiger partial charge in [-0.3, -0.25) is 0 Å². The summed E-state index contributed by atoms with van der Waals surface area (Å²) in [5.74, 6) is 0.00298. The van der Waals surface area contributed by atoms with E-state index < -0.39 is 5.97 Å². The lowest BCUT2D eigenvalue weighted by molar-refractivity contribution is -0.142. The SMILES string of the molecule is COC(=O)C=C(C(=CC1CC1)C(=O)OC(C)C)C1CC1. The van der Waals surface area contributed by atoms with Crippen LogP contribution in [-0.4, -0.2) is 25.2 Å². The molecule has 2 aliphatic carbocycles. The maximum Gasteiger partial charge on any atom is 0.338 e. The minimum Gasteiger partial charge on any atom is -0.466 e. The van der Waals surface area contributed by atoms with Crippen LogP contribution in [-0.2, 0) is 19.1 Å². The highest BCUT2D eigenvalue weighted by Crippen LogP contribution is 2.42. The van der Waals surface area contributed by atoms with Gasteiger partial charge in [0.25, 0.3) is 0 Å². The van der Waals surface area contributed by atoms with E-state index in [0.29, 0.717) is 17.4 Å². The summed E-state index contributed by atoms with van der Waals surface area (Å²) in [6.07, 6.45) is 7.50. The van der Waals surface area contributed by atoms with E-state index in [1.54, 1.807) is 0 Å². The molecule has 2 rings (SSSR count). The summed E-state index contributed by atoms with van der Waals surface area (Å²) in [7, 11) is 1.35. The number of carbonyl (C=O) groups is 2. The Morgan fingerprint density at radius 1 is 1.15 bits per heavy atom. The second kappa shape index (κ2) is 6.25. The molecule has 2 fully saturated rings. The predicted molar refractivity (Wildman–Crippen MR) is 74.9 cm³/mol. The van der Waals surface area contributed by atoms with Gasteiger partial charge < -0.3 is 9.47 Å². The third-order valence-electron chi connectivity index (χ3n) is 3.39. The summed E-state index contributed by atoms with van der Waals surface area (Å²) < 4.78 is 10.0. The van der Waals surface area contributed by atoms with Gasteiger partial charge in [-0.05, 0) is 56.9 Å². The summed E-state index contributed by atoms with van der Waals surface area (Å²) in [4.78, 5) is 23.8. The van der Waals surface area contributed by atoms with Gasteiger partial charge in [0.1, 0.15) is 0 Å². The number of methoxy groups -OCH3 is 1. The second-order valence-electron chi connectivity index (χ2n) is 5.77. The zero-order valence-corrected chi connectivity index (χ0v) is 12.3. The van der Waals surface area contributed by atoms with E-state index in [4.69, 9.17) is 9.47 Å². The minimum absolute atomic E-state index is 0.163. The van der Waals surface area contributed by atoms with Crippen molar-refractivity contribution in [3.05, 3.63) is 23.3 Å². The molecule has 0 N–H and O–H groups in total. The fourth-order valence-corrected chi connectivity index (χ4v) is 2.05. The van der Waals surface area contributed by atoms with Crippen LogP contribution in [0, 0.1) is 11.8 Å². The molecule has 0 aromatic rings. The first-order valence-corrected chi connectivity index (χ1v) is 7.24. The van der Waals surface area contributed by atoms with Gasteiger partial charge in [0.15, 0.2) is 0 Å². The predicted octanol–water partition coefficient (Wildman–Crippen LogP) is 2.78. The van der Waals surface area contributed by atoms with Gasteiger partial charge in [-0.2, -0.15) is 0 Å². The maximum atomic E-state index is 12.3. The van der Waals surface area contributed by atoms with E-state index in [9.17, 15) is 9.59 Å². The zero-order valence-electron chi connectivity index (χ0n) is 12.3. The van der Waals surface area contributed by atoms with Gasteiger partial charge in [-0.15, -0.1) is 0 Å². The molecule has 0 aliphatic heterocycles. The van der Waals surface area contributed by atoms with E-state index >= 15 is 0 Å². The molecular weight excluding hydrogens is 256 g/mol. The summed E-state index contributed by atoms with van der Waals surface area (Å²) in [6, 6.07) is 0. The highest BCUT2D eigenvalue weighted by atomic mass is 16.5. The first-order chi connectivity index (χ1) is 9.51. The smallest absolute Gasteiger partial charge is 0.338 e. The summed E-state index contributed by atoms with van der Waals surface area (Å²) in [6.45, 7) is 3.65. The molecule has 0 amide bonds. The molecule has 20 heavy (non-hydrogen) atoms. The summed E-state index contributed by atoms with van der Waals surface area (Å²) >= 11 is 0. The Morgan fingerprint density at radius 2 is 1.80 bits per heavy atom. The lowest BCUT2D eigenvalue weighted by atomic mass is 9.99. The third kappa shape index (κ3) is 4.22. The zero-order chi connectivity index (χ0) is 14.7. The van der Waals surface area contributed by atoms with Crippen molar-refractivity contribution in [1.82, 2.24) is 0 Å². The Labute approximate surface area is 119 Å². The number of rotatable bonds is 6. The number of esters is 2. The van der Waals surface area contributed by atoms with Crippen LogP contribution in [0.15, 0.2) is 23.3 Å². The highest BCUT2D eigenvalue weighted by Gasteiger charge is 2.34. The van der Waals surface area contributed by atoms with Crippen molar-refractivity contribution in [1.29, 1.82) is 0 Å². The quantitative estimate of drug-likeness (QED) is 0.426. The molecule has 0 heterocycles. The molecule has 0 aromatic heterocycles. The summed E-state index contributed by atoms with van der Waals surface area (Å²) in [5.41, 5.74) is 1.35. The molecule has 0 bridgehead atoms. The van der Waals surface area contributed by atoms with E-state index in [1.165, 1.54) is 13.2 Å². The van der Waals surface area contributed by atoms with Crippen LogP contribution >= 0.6 is 0 Å². The first-order valence-electron chi connectivity index (χ1n) is 7.24. The number of hydrogen-bond donors (Lipinski definition) is 0. The van der Waals surface area contributed by atoms with Gasteiger partial charge in [-0.25, -0.2) is 9.59 Å². The molecule has 2 aliphatic rings. The molecule has 0 saturated heterocycles. The van der Waals surface area contributed by atoms with E-state index in [0.717, 1.165) is 31.3 Å². The number of ether oxygens (including phenoxy) is 2. The molecule has 110 valence electrons. The fraction of sp³-hybridized carbons (Fsp3) is 0.625. The minimum atomic E-state index is -0.411. The molecule has 2 saturated carbocycles. The Hall–Kier alpha value is -1.58. The van der Waals surface area contributed by atoms with Crippen LogP contribution in [0.5, 0.6) is 0 Å². The standard InChI is InChI=1S/C16H22O4/c1-10(2)20-16(18)14(8-11-4-5-11)13(12-6-7-12)9-15(17)19-3/h8-12H,4-7H2,1-3H3. The third-order valence-corrected chi connectivity index (χ3v) is 3.39. The van der Waals surface area contributed by atoms with Gasteiger partial charge in [-0.1, -0.05) is 6.08 Å². The average Bonchev–Trinajstić information content (AvgIpc) is 3.26. The number of allylic oxidation sites excluding steroid dienone is 1. The number of hydrogen-bond acceptors (Lipinski definition) is 4. The van der Waals surface area contributed by atoms with E-state index in [1.807, 2.05) is 19.9 Å². The maximum absolute atomic E-state index is 12.3. The fourth-order valence-electron chi connectivity index (χ4n) is 2.05. The average molecular weight is 278 g/mol. The molecule has 0 atom stereocenters. The van der Waals surface area contributed by atoms with Crippen molar-refractivity contribution in [2.45, 2.75) is 45.6 Å². The van der Waals surface area contributed by atoms with Crippen molar-refractivity contribution < 1.29 is 19.1 Å². The van der Waals surface area contributed by atoms with Crippen LogP contribution in [0.2, 0.25) is 0 Å². The van der Waals surface area contributed by atoms with E-state index in [-0.39, 0.29) is 12.1 Å². The molecule has 4 nitrogen and oxygen atoms in total. The van der Waals surface area contributed by atoms with Crippen LogP contribution in [0.4, 0.5) is 0 Å². The monoisotopic (exact) mass is 278 g/mol. The Balaban J connectivity index is 2.25. The van der Waals surface area contributed by atoms with Gasteiger partial charge in [0.05, 0.1) is 18.8 Å². The van der Waals surface area contributed by atoms with Crippen molar-refractivity contribution in [3.8, 4) is 0 Å². The number of carbonyl (C=O) groups excluding carboxylic acids is 2. The second-order valence-corrected chi connectivity index (χ2v) is 5.77. The van der Waals surface area contributed by atoms with Crippen LogP contribution in [0.25, 0.3) is 0 Å². The molecule has 0 unspecified atom stereocenters. The van der Waals surface area contributed by atoms with Crippen molar-refractivity contribution >= 4 is 11.9 Å². The van der Waals surface area contributed by atoms with E-state index in [2.05, 4.69) is 0 Å². The Kier molecular flexibility index (Phi) is 4.63.